The summed E-state index contributed by atoms with van der Waals surface area (Å²) in [7, 11) is 1.54. The van der Waals surface area contributed by atoms with Gasteiger partial charge in [-0.3, -0.25) is 14.4 Å². The van der Waals surface area contributed by atoms with E-state index in [0.29, 0.717) is 27.7 Å². The van der Waals surface area contributed by atoms with Crippen LogP contribution in [0.1, 0.15) is 31.6 Å². The Morgan fingerprint density at radius 3 is 2.18 bits per heavy atom. The fourth-order valence-corrected chi connectivity index (χ4v) is 7.17. The van der Waals surface area contributed by atoms with Gasteiger partial charge < -0.3 is 20.7 Å². The van der Waals surface area contributed by atoms with Crippen LogP contribution >= 0.6 is 23.1 Å². The molecule has 0 saturated heterocycles. The van der Waals surface area contributed by atoms with Gasteiger partial charge in [0.2, 0.25) is 5.91 Å². The van der Waals surface area contributed by atoms with Gasteiger partial charge in [0.25, 0.3) is 11.8 Å². The van der Waals surface area contributed by atoms with E-state index in [-0.39, 0.29) is 11.6 Å². The standard InChI is InChI=1S/C41H34N4O4S2/c1-27-36(28-15-6-3-7-16-28)44-41(50-27)45-40(48)37(29-17-8-4-9-18-29)51-33-23-14-22-32(26-33)42-39(47)34(25-31-21-12-13-24-35(31)49-2)43-38(46)30-19-10-5-11-20-30/h3-26,37H,1-2H3,(H,42,47)(H,43,46)(H,44,45,48)/b34-25+. The first-order chi connectivity index (χ1) is 24.9. The lowest BCUT2D eigenvalue weighted by Crippen LogP contribution is -2.30. The number of methoxy groups -OCH3 is 1. The van der Waals surface area contributed by atoms with Gasteiger partial charge in [-0.25, -0.2) is 4.98 Å². The smallest absolute Gasteiger partial charge is 0.272 e. The van der Waals surface area contributed by atoms with Crippen molar-refractivity contribution in [3.8, 4) is 17.0 Å². The number of aromatic nitrogens is 1. The molecule has 254 valence electrons. The monoisotopic (exact) mass is 710 g/mol. The van der Waals surface area contributed by atoms with Crippen molar-refractivity contribution in [2.75, 3.05) is 17.7 Å². The van der Waals surface area contributed by atoms with Crippen molar-refractivity contribution in [3.63, 3.8) is 0 Å². The number of para-hydroxylation sites is 1. The van der Waals surface area contributed by atoms with E-state index in [9.17, 15) is 14.4 Å². The molecule has 0 radical (unpaired) electrons. The van der Waals surface area contributed by atoms with Gasteiger partial charge in [-0.15, -0.1) is 23.1 Å². The molecular formula is C41H34N4O4S2. The fraction of sp³-hybridized carbons (Fsp3) is 0.0732. The van der Waals surface area contributed by atoms with E-state index in [4.69, 9.17) is 9.72 Å². The van der Waals surface area contributed by atoms with Gasteiger partial charge in [-0.1, -0.05) is 103 Å². The van der Waals surface area contributed by atoms with Crippen molar-refractivity contribution in [1.82, 2.24) is 10.3 Å². The summed E-state index contributed by atoms with van der Waals surface area (Å²) in [5, 5.41) is 8.62. The summed E-state index contributed by atoms with van der Waals surface area (Å²) in [5.41, 5.74) is 4.18. The predicted octanol–water partition coefficient (Wildman–Crippen LogP) is 9.01. The number of amides is 3. The molecule has 0 aliphatic heterocycles. The summed E-state index contributed by atoms with van der Waals surface area (Å²) in [4.78, 5) is 47.3. The number of rotatable bonds is 12. The molecule has 1 unspecified atom stereocenters. The molecule has 3 N–H and O–H groups in total. The Labute approximate surface area is 304 Å². The molecule has 51 heavy (non-hydrogen) atoms. The molecule has 0 fully saturated rings. The van der Waals surface area contributed by atoms with E-state index < -0.39 is 17.1 Å². The van der Waals surface area contributed by atoms with Crippen LogP contribution in [0.3, 0.4) is 0 Å². The quantitative estimate of drug-likeness (QED) is 0.0864. The molecule has 1 heterocycles. The van der Waals surface area contributed by atoms with Crippen LogP contribution < -0.4 is 20.7 Å². The Morgan fingerprint density at radius 2 is 1.45 bits per heavy atom. The molecule has 0 aliphatic rings. The van der Waals surface area contributed by atoms with Crippen LogP contribution in [0, 0.1) is 6.92 Å². The number of nitrogens with one attached hydrogen (secondary N) is 3. The summed E-state index contributed by atoms with van der Waals surface area (Å²) in [6, 6.07) is 42.5. The molecular weight excluding hydrogens is 677 g/mol. The van der Waals surface area contributed by atoms with Crippen molar-refractivity contribution >= 4 is 57.7 Å². The van der Waals surface area contributed by atoms with Crippen molar-refractivity contribution in [3.05, 3.63) is 167 Å². The highest BCUT2D eigenvalue weighted by Gasteiger charge is 2.24. The number of hydrogen-bond acceptors (Lipinski definition) is 7. The second kappa shape index (κ2) is 16.6. The number of carbonyl (C=O) groups excluding carboxylic acids is 3. The summed E-state index contributed by atoms with van der Waals surface area (Å²) >= 11 is 2.79. The summed E-state index contributed by atoms with van der Waals surface area (Å²) in [5.74, 6) is -0.637. The van der Waals surface area contributed by atoms with Crippen LogP contribution in [0.25, 0.3) is 17.3 Å². The first kappa shape index (κ1) is 34.9. The highest BCUT2D eigenvalue weighted by Crippen LogP contribution is 2.38. The summed E-state index contributed by atoms with van der Waals surface area (Å²) in [6.07, 6.45) is 1.58. The minimum absolute atomic E-state index is 0.0292. The second-order valence-corrected chi connectivity index (χ2v) is 13.7. The Kier molecular flexibility index (Phi) is 11.4. The maximum Gasteiger partial charge on any atom is 0.272 e. The van der Waals surface area contributed by atoms with Crippen LogP contribution in [0.15, 0.2) is 150 Å². The van der Waals surface area contributed by atoms with E-state index in [1.54, 1.807) is 67.8 Å². The molecule has 1 atom stereocenters. The van der Waals surface area contributed by atoms with Gasteiger partial charge in [-0.2, -0.15) is 0 Å². The van der Waals surface area contributed by atoms with Crippen LogP contribution in [-0.4, -0.2) is 29.8 Å². The Hall–Kier alpha value is -5.97. The van der Waals surface area contributed by atoms with Crippen LogP contribution in [0.4, 0.5) is 10.8 Å². The number of carbonyl (C=O) groups is 3. The number of nitrogens with zero attached hydrogens (tertiary/aromatic N) is 1. The van der Waals surface area contributed by atoms with Crippen LogP contribution in [-0.2, 0) is 9.59 Å². The van der Waals surface area contributed by atoms with E-state index in [1.807, 2.05) is 91.9 Å². The maximum absolute atomic E-state index is 13.9. The number of aryl methyl sites for hydroxylation is 1. The van der Waals surface area contributed by atoms with Gasteiger partial charge >= 0.3 is 0 Å². The number of thiazole rings is 1. The van der Waals surface area contributed by atoms with Crippen LogP contribution in [0.2, 0.25) is 0 Å². The minimum atomic E-state index is -0.618. The third-order valence-corrected chi connectivity index (χ3v) is 9.86. The third-order valence-electron chi connectivity index (χ3n) is 7.73. The van der Waals surface area contributed by atoms with Crippen molar-refractivity contribution < 1.29 is 19.1 Å². The molecule has 0 saturated carbocycles. The topological polar surface area (TPSA) is 109 Å². The summed E-state index contributed by atoms with van der Waals surface area (Å²) < 4.78 is 5.48. The average Bonchev–Trinajstić information content (AvgIpc) is 3.54. The lowest BCUT2D eigenvalue weighted by molar-refractivity contribution is -0.116. The summed E-state index contributed by atoms with van der Waals surface area (Å²) in [6.45, 7) is 1.99. The normalized spacial score (nSPS) is 11.7. The third kappa shape index (κ3) is 8.99. The maximum atomic E-state index is 13.9. The number of hydrogen-bond donors (Lipinski definition) is 3. The van der Waals surface area contributed by atoms with Gasteiger partial charge in [-0.05, 0) is 55.0 Å². The van der Waals surface area contributed by atoms with Crippen LogP contribution in [0.5, 0.6) is 5.75 Å². The van der Waals surface area contributed by atoms with Crippen molar-refractivity contribution in [2.45, 2.75) is 17.1 Å². The zero-order chi connectivity index (χ0) is 35.6. The second-order valence-electron chi connectivity index (χ2n) is 11.3. The molecule has 0 spiro atoms. The average molecular weight is 711 g/mol. The lowest BCUT2D eigenvalue weighted by atomic mass is 10.1. The fourth-order valence-electron chi connectivity index (χ4n) is 5.25. The Morgan fingerprint density at radius 1 is 0.784 bits per heavy atom. The number of ether oxygens (including phenoxy) is 1. The molecule has 1 aromatic heterocycles. The highest BCUT2D eigenvalue weighted by atomic mass is 32.2. The molecule has 6 rings (SSSR count). The van der Waals surface area contributed by atoms with Gasteiger partial charge in [0.1, 0.15) is 16.7 Å². The minimum Gasteiger partial charge on any atom is -0.496 e. The van der Waals surface area contributed by atoms with Crippen molar-refractivity contribution in [2.24, 2.45) is 0 Å². The van der Waals surface area contributed by atoms with Crippen molar-refractivity contribution in [1.29, 1.82) is 0 Å². The first-order valence-corrected chi connectivity index (χ1v) is 17.8. The predicted molar refractivity (Wildman–Crippen MR) is 206 cm³/mol. The Balaban J connectivity index is 1.23. The van der Waals surface area contributed by atoms with E-state index in [2.05, 4.69) is 16.0 Å². The molecule has 5 aromatic carbocycles. The molecule has 3 amide bonds. The van der Waals surface area contributed by atoms with E-state index in [1.165, 1.54) is 23.1 Å². The lowest BCUT2D eigenvalue weighted by Gasteiger charge is -2.17. The first-order valence-electron chi connectivity index (χ1n) is 16.1. The van der Waals surface area contributed by atoms with Gasteiger partial charge in [0, 0.05) is 32.2 Å². The zero-order valence-electron chi connectivity index (χ0n) is 27.8. The Bertz CT molecular complexity index is 2170. The van der Waals surface area contributed by atoms with E-state index >= 15 is 0 Å². The molecule has 10 heteroatoms. The number of benzene rings is 5. The molecule has 6 aromatic rings. The molecule has 8 nitrogen and oxygen atoms in total. The SMILES string of the molecule is COc1ccccc1/C=C(/NC(=O)c1ccccc1)C(=O)Nc1cccc(SC(C(=O)Nc2nc(-c3ccccc3)c(C)s2)c2ccccc2)c1. The van der Waals surface area contributed by atoms with Gasteiger partial charge in [0.05, 0.1) is 12.8 Å². The number of anilines is 2. The largest absolute Gasteiger partial charge is 0.496 e. The molecule has 0 bridgehead atoms. The zero-order valence-corrected chi connectivity index (χ0v) is 29.5. The van der Waals surface area contributed by atoms with E-state index in [0.717, 1.165) is 26.6 Å². The van der Waals surface area contributed by atoms with Gasteiger partial charge in [0.15, 0.2) is 5.13 Å². The molecule has 0 aliphatic carbocycles. The highest BCUT2D eigenvalue weighted by molar-refractivity contribution is 8.00. The number of thioether (sulfide) groups is 1.